The van der Waals surface area contributed by atoms with Gasteiger partial charge in [0.2, 0.25) is 0 Å². The second-order valence-corrected chi connectivity index (χ2v) is 6.59. The Balaban J connectivity index is 1.91. The van der Waals surface area contributed by atoms with Gasteiger partial charge in [0.05, 0.1) is 11.9 Å². The molecule has 21 heavy (non-hydrogen) atoms. The van der Waals surface area contributed by atoms with E-state index in [4.69, 9.17) is 4.74 Å². The summed E-state index contributed by atoms with van der Waals surface area (Å²) in [4.78, 5) is 18.4. The van der Waals surface area contributed by atoms with E-state index in [2.05, 4.69) is 21.3 Å². The maximum Gasteiger partial charge on any atom is 0.407 e. The van der Waals surface area contributed by atoms with Crippen molar-refractivity contribution in [3.8, 4) is 0 Å². The van der Waals surface area contributed by atoms with Crippen molar-refractivity contribution in [2.75, 3.05) is 18.0 Å². The van der Waals surface area contributed by atoms with E-state index in [0.29, 0.717) is 0 Å². The van der Waals surface area contributed by atoms with Crippen LogP contribution in [0.4, 0.5) is 10.5 Å². The van der Waals surface area contributed by atoms with Crippen LogP contribution in [-0.2, 0) is 4.74 Å². The lowest BCUT2D eigenvalue weighted by Crippen LogP contribution is -2.49. The molecule has 0 radical (unpaired) electrons. The molecule has 1 aliphatic heterocycles. The number of carbonyl (C=O) groups excluding carboxylic acids is 1. The standard InChI is InChI=1S/C16H25N3O2/c1-12-7-8-14(10-17-12)19-9-5-6-13(11-19)18-15(20)21-16(2,3)4/h7-8,10,13H,5-6,9,11H2,1-4H3,(H,18,20)/t13-/m1/s1. The molecule has 2 rings (SSSR count). The molecule has 1 aromatic heterocycles. The smallest absolute Gasteiger partial charge is 0.407 e. The Hall–Kier alpha value is -1.78. The molecule has 0 aromatic carbocycles. The molecule has 1 fully saturated rings. The highest BCUT2D eigenvalue weighted by Gasteiger charge is 2.24. The minimum atomic E-state index is -0.459. The maximum atomic E-state index is 11.9. The molecular weight excluding hydrogens is 266 g/mol. The van der Waals surface area contributed by atoms with E-state index in [-0.39, 0.29) is 12.1 Å². The van der Waals surface area contributed by atoms with Crippen LogP contribution < -0.4 is 10.2 Å². The van der Waals surface area contributed by atoms with Crippen molar-refractivity contribution in [1.29, 1.82) is 0 Å². The molecule has 1 N–H and O–H groups in total. The van der Waals surface area contributed by atoms with Crippen LogP contribution >= 0.6 is 0 Å². The van der Waals surface area contributed by atoms with E-state index < -0.39 is 5.60 Å². The highest BCUT2D eigenvalue weighted by Crippen LogP contribution is 2.19. The molecule has 0 spiro atoms. The molecule has 0 aliphatic carbocycles. The average Bonchev–Trinajstić information content (AvgIpc) is 2.37. The summed E-state index contributed by atoms with van der Waals surface area (Å²) in [5, 5.41) is 2.96. The Morgan fingerprint density at radius 1 is 1.43 bits per heavy atom. The molecule has 1 saturated heterocycles. The summed E-state index contributed by atoms with van der Waals surface area (Å²) in [6, 6.07) is 4.22. The molecule has 0 bridgehead atoms. The number of carbonyl (C=O) groups is 1. The lowest BCUT2D eigenvalue weighted by atomic mass is 10.1. The normalized spacial score (nSPS) is 19.2. The fourth-order valence-corrected chi connectivity index (χ4v) is 2.45. The minimum absolute atomic E-state index is 0.120. The van der Waals surface area contributed by atoms with Crippen molar-refractivity contribution < 1.29 is 9.53 Å². The fourth-order valence-electron chi connectivity index (χ4n) is 2.45. The van der Waals surface area contributed by atoms with Gasteiger partial charge in [0, 0.05) is 24.8 Å². The third kappa shape index (κ3) is 4.92. The molecule has 0 unspecified atom stereocenters. The van der Waals surface area contributed by atoms with Crippen LogP contribution in [0.15, 0.2) is 18.3 Å². The molecule has 1 aliphatic rings. The van der Waals surface area contributed by atoms with Crippen molar-refractivity contribution in [1.82, 2.24) is 10.3 Å². The number of hydrogen-bond donors (Lipinski definition) is 1. The summed E-state index contributed by atoms with van der Waals surface area (Å²) in [6.07, 6.45) is 3.59. The van der Waals surface area contributed by atoms with E-state index >= 15 is 0 Å². The predicted molar refractivity (Wildman–Crippen MR) is 83.6 cm³/mol. The topological polar surface area (TPSA) is 54.5 Å². The van der Waals surface area contributed by atoms with Crippen LogP contribution in [0.1, 0.15) is 39.3 Å². The quantitative estimate of drug-likeness (QED) is 0.910. The second kappa shape index (κ2) is 6.33. The first-order chi connectivity index (χ1) is 9.83. The van der Waals surface area contributed by atoms with Gasteiger partial charge >= 0.3 is 6.09 Å². The molecule has 1 aromatic rings. The van der Waals surface area contributed by atoms with Crippen LogP contribution in [-0.4, -0.2) is 35.8 Å². The third-order valence-corrected chi connectivity index (χ3v) is 3.40. The zero-order chi connectivity index (χ0) is 15.5. The number of ether oxygens (including phenoxy) is 1. The number of pyridine rings is 1. The van der Waals surface area contributed by atoms with Gasteiger partial charge in [-0.3, -0.25) is 4.98 Å². The van der Waals surface area contributed by atoms with Gasteiger partial charge in [-0.1, -0.05) is 0 Å². The van der Waals surface area contributed by atoms with Gasteiger partial charge in [-0.25, -0.2) is 4.79 Å². The molecule has 116 valence electrons. The summed E-state index contributed by atoms with van der Waals surface area (Å²) in [5.74, 6) is 0. The number of piperidine rings is 1. The van der Waals surface area contributed by atoms with Gasteiger partial charge in [0.15, 0.2) is 0 Å². The largest absolute Gasteiger partial charge is 0.444 e. The summed E-state index contributed by atoms with van der Waals surface area (Å²) >= 11 is 0. The van der Waals surface area contributed by atoms with Crippen molar-refractivity contribution >= 4 is 11.8 Å². The summed E-state index contributed by atoms with van der Waals surface area (Å²) in [7, 11) is 0. The maximum absolute atomic E-state index is 11.9. The van der Waals surface area contributed by atoms with E-state index in [1.807, 2.05) is 40.0 Å². The number of aromatic nitrogens is 1. The molecular formula is C16H25N3O2. The molecule has 1 atom stereocenters. The highest BCUT2D eigenvalue weighted by atomic mass is 16.6. The average molecular weight is 291 g/mol. The van der Waals surface area contributed by atoms with Crippen LogP contribution in [0.3, 0.4) is 0 Å². The fraction of sp³-hybridized carbons (Fsp3) is 0.625. The third-order valence-electron chi connectivity index (χ3n) is 3.40. The van der Waals surface area contributed by atoms with Crippen LogP contribution in [0.25, 0.3) is 0 Å². The van der Waals surface area contributed by atoms with E-state index in [1.54, 1.807) is 0 Å². The highest BCUT2D eigenvalue weighted by molar-refractivity contribution is 5.68. The van der Waals surface area contributed by atoms with Gasteiger partial charge in [0.25, 0.3) is 0 Å². The monoisotopic (exact) mass is 291 g/mol. The Kier molecular flexibility index (Phi) is 4.70. The molecule has 5 heteroatoms. The predicted octanol–water partition coefficient (Wildman–Crippen LogP) is 2.88. The second-order valence-electron chi connectivity index (χ2n) is 6.59. The molecule has 2 heterocycles. The lowest BCUT2D eigenvalue weighted by molar-refractivity contribution is 0.0500. The van der Waals surface area contributed by atoms with Gasteiger partial charge in [-0.05, 0) is 52.7 Å². The van der Waals surface area contributed by atoms with Crippen LogP contribution in [0.5, 0.6) is 0 Å². The van der Waals surface area contributed by atoms with Crippen molar-refractivity contribution in [3.05, 3.63) is 24.0 Å². The first-order valence-electron chi connectivity index (χ1n) is 7.50. The molecule has 0 saturated carbocycles. The number of nitrogens with one attached hydrogen (secondary N) is 1. The van der Waals surface area contributed by atoms with Gasteiger partial charge < -0.3 is 15.0 Å². The SMILES string of the molecule is Cc1ccc(N2CCC[C@@H](NC(=O)OC(C)(C)C)C2)cn1. The van der Waals surface area contributed by atoms with Gasteiger partial charge in [-0.2, -0.15) is 0 Å². The number of amides is 1. The summed E-state index contributed by atoms with van der Waals surface area (Å²) < 4.78 is 5.32. The van der Waals surface area contributed by atoms with E-state index in [1.165, 1.54) is 0 Å². The Morgan fingerprint density at radius 2 is 2.19 bits per heavy atom. The van der Waals surface area contributed by atoms with Crippen molar-refractivity contribution in [2.45, 2.75) is 52.2 Å². The number of nitrogens with zero attached hydrogens (tertiary/aromatic N) is 2. The van der Waals surface area contributed by atoms with Crippen LogP contribution in [0.2, 0.25) is 0 Å². The minimum Gasteiger partial charge on any atom is -0.444 e. The van der Waals surface area contributed by atoms with Crippen molar-refractivity contribution in [3.63, 3.8) is 0 Å². The van der Waals surface area contributed by atoms with Gasteiger partial charge in [0.1, 0.15) is 5.60 Å². The number of hydrogen-bond acceptors (Lipinski definition) is 4. The Bertz CT molecular complexity index is 479. The number of rotatable bonds is 2. The van der Waals surface area contributed by atoms with E-state index in [9.17, 15) is 4.79 Å². The van der Waals surface area contributed by atoms with Crippen LogP contribution in [0, 0.1) is 6.92 Å². The number of alkyl carbamates (subject to hydrolysis) is 1. The van der Waals surface area contributed by atoms with Crippen molar-refractivity contribution in [2.24, 2.45) is 0 Å². The number of anilines is 1. The Labute approximate surface area is 126 Å². The zero-order valence-electron chi connectivity index (χ0n) is 13.3. The first kappa shape index (κ1) is 15.6. The summed E-state index contributed by atoms with van der Waals surface area (Å²) in [5.41, 5.74) is 1.66. The zero-order valence-corrected chi connectivity index (χ0v) is 13.3. The molecule has 1 amide bonds. The van der Waals surface area contributed by atoms with Gasteiger partial charge in [-0.15, -0.1) is 0 Å². The first-order valence-corrected chi connectivity index (χ1v) is 7.50. The number of aryl methyl sites for hydroxylation is 1. The summed E-state index contributed by atoms with van der Waals surface area (Å²) in [6.45, 7) is 9.39. The lowest BCUT2D eigenvalue weighted by Gasteiger charge is -2.34. The Morgan fingerprint density at radius 3 is 2.81 bits per heavy atom. The van der Waals surface area contributed by atoms with E-state index in [0.717, 1.165) is 37.3 Å². The molecule has 5 nitrogen and oxygen atoms in total.